The summed E-state index contributed by atoms with van der Waals surface area (Å²) in [5.41, 5.74) is 22.6. The van der Waals surface area contributed by atoms with Gasteiger partial charge in [0.05, 0.1) is 6.54 Å². The normalized spacial score (nSPS) is 11.5. The number of phenols is 1. The molecule has 0 aliphatic carbocycles. The number of aliphatic imine (C=N–C) groups is 2. The number of aromatic hydroxyl groups is 1. The van der Waals surface area contributed by atoms with Gasteiger partial charge in [-0.15, -0.1) is 11.3 Å². The number of amides is 3. The molecule has 3 amide bonds. The maximum Gasteiger partial charge on any atom is 0.300 e. The van der Waals surface area contributed by atoms with Crippen LogP contribution in [0.25, 0.3) is 0 Å². The van der Waals surface area contributed by atoms with Gasteiger partial charge >= 0.3 is 0 Å². The Kier molecular flexibility index (Phi) is 17.0. The number of thiophene rings is 1. The molecule has 1 aromatic carbocycles. The zero-order valence-electron chi connectivity index (χ0n) is 24.9. The first-order chi connectivity index (χ1) is 20.8. The quantitative estimate of drug-likeness (QED) is 0.0665. The van der Waals surface area contributed by atoms with Crippen LogP contribution in [0.2, 0.25) is 0 Å². The lowest BCUT2D eigenvalue weighted by Gasteiger charge is -2.23. The van der Waals surface area contributed by atoms with Gasteiger partial charge in [0.2, 0.25) is 17.7 Å². The number of rotatable bonds is 16. The number of benzene rings is 1. The predicted octanol–water partition coefficient (Wildman–Crippen LogP) is -0.525. The summed E-state index contributed by atoms with van der Waals surface area (Å²) in [6, 6.07) is 8.19. The molecule has 1 aromatic heterocycles. The molecule has 0 aliphatic rings. The SMILES string of the molecule is CC(=O)O.CCN(CCc1cccs1)C(=O)CNC(=O)[C@@H](CCCN=C(N)N)NC(=O)[C@H](Cc1ccc(O)cc1)N=C(N)N. The number of hydrogen-bond donors (Lipinski definition) is 8. The third kappa shape index (κ3) is 16.0. The smallest absolute Gasteiger partial charge is 0.300 e. The van der Waals surface area contributed by atoms with Gasteiger partial charge in [-0.3, -0.25) is 24.2 Å². The van der Waals surface area contributed by atoms with E-state index in [1.54, 1.807) is 28.4 Å². The first-order valence-electron chi connectivity index (χ1n) is 13.8. The minimum atomic E-state index is -1.03. The molecule has 2 atom stereocenters. The molecule has 242 valence electrons. The van der Waals surface area contributed by atoms with E-state index in [1.165, 1.54) is 17.0 Å². The van der Waals surface area contributed by atoms with Crippen molar-refractivity contribution >= 4 is 46.9 Å². The van der Waals surface area contributed by atoms with Gasteiger partial charge in [-0.25, -0.2) is 4.99 Å². The van der Waals surface area contributed by atoms with E-state index in [4.69, 9.17) is 32.8 Å². The minimum absolute atomic E-state index is 0.0757. The van der Waals surface area contributed by atoms with Crippen molar-refractivity contribution < 1.29 is 29.4 Å². The van der Waals surface area contributed by atoms with Crippen LogP contribution in [-0.2, 0) is 32.0 Å². The fourth-order valence-electron chi connectivity index (χ4n) is 3.83. The fourth-order valence-corrected chi connectivity index (χ4v) is 4.53. The fraction of sp³-hybridized carbons (Fsp3) is 0.429. The summed E-state index contributed by atoms with van der Waals surface area (Å²) in [7, 11) is 0. The van der Waals surface area contributed by atoms with E-state index >= 15 is 0 Å². The summed E-state index contributed by atoms with van der Waals surface area (Å²) < 4.78 is 0. The van der Waals surface area contributed by atoms with E-state index < -0.39 is 29.9 Å². The number of likely N-dealkylation sites (N-methyl/N-ethyl adjacent to an activating group) is 1. The molecule has 1 heterocycles. The molecule has 2 rings (SSSR count). The van der Waals surface area contributed by atoms with Gasteiger partial charge in [0.1, 0.15) is 17.8 Å². The molecule has 0 aliphatic heterocycles. The van der Waals surface area contributed by atoms with Crippen LogP contribution in [0.3, 0.4) is 0 Å². The highest BCUT2D eigenvalue weighted by atomic mass is 32.1. The number of carboxylic acids is 1. The molecule has 0 bridgehead atoms. The Morgan fingerprint density at radius 2 is 1.68 bits per heavy atom. The van der Waals surface area contributed by atoms with Gasteiger partial charge < -0.3 is 48.7 Å². The molecule has 2 aromatic rings. The Balaban J connectivity index is 0.00000227. The van der Waals surface area contributed by atoms with Gasteiger partial charge in [-0.2, -0.15) is 0 Å². The van der Waals surface area contributed by atoms with Crippen LogP contribution in [0.4, 0.5) is 0 Å². The summed E-state index contributed by atoms with van der Waals surface area (Å²) >= 11 is 1.62. The Hall–Kier alpha value is -4.86. The van der Waals surface area contributed by atoms with E-state index in [1.807, 2.05) is 24.4 Å². The van der Waals surface area contributed by atoms with Crippen LogP contribution in [0, 0.1) is 0 Å². The van der Waals surface area contributed by atoms with Crippen LogP contribution in [0.5, 0.6) is 5.75 Å². The lowest BCUT2D eigenvalue weighted by Crippen LogP contribution is -2.52. The van der Waals surface area contributed by atoms with Crippen molar-refractivity contribution in [2.75, 3.05) is 26.2 Å². The molecule has 44 heavy (non-hydrogen) atoms. The van der Waals surface area contributed by atoms with Gasteiger partial charge in [0.15, 0.2) is 11.9 Å². The summed E-state index contributed by atoms with van der Waals surface area (Å²) in [5.74, 6) is -2.48. The van der Waals surface area contributed by atoms with Crippen molar-refractivity contribution in [3.63, 3.8) is 0 Å². The van der Waals surface area contributed by atoms with Gasteiger partial charge in [0.25, 0.3) is 5.97 Å². The molecule has 15 nitrogen and oxygen atoms in total. The van der Waals surface area contributed by atoms with Crippen LogP contribution < -0.4 is 33.6 Å². The van der Waals surface area contributed by atoms with Gasteiger partial charge in [-0.05, 0) is 55.3 Å². The van der Waals surface area contributed by atoms with Crippen LogP contribution >= 0.6 is 11.3 Å². The van der Waals surface area contributed by atoms with E-state index in [0.717, 1.165) is 13.3 Å². The number of nitrogens with one attached hydrogen (secondary N) is 2. The Morgan fingerprint density at radius 3 is 2.23 bits per heavy atom. The standard InChI is InChI=1S/C26H39N9O4S.C2H4O2/c1-2-35(13-11-19-5-4-14-40-19)22(37)16-32-23(38)20(6-3-12-31-25(27)28)33-24(39)21(34-26(29)30)15-17-7-9-18(36)10-8-17;1-2(3)4/h4-5,7-10,14,20-21,36H,2-3,6,11-13,15-16H2,1H3,(H,32,38)(H,33,39)(H4,27,28,31)(H4,29,30,34);1H3,(H,3,4)/t20-,21+;/m1./s1. The number of carbonyl (C=O) groups excluding carboxylic acids is 3. The van der Waals surface area contributed by atoms with Crippen LogP contribution in [0.1, 0.15) is 37.1 Å². The Morgan fingerprint density at radius 1 is 1.02 bits per heavy atom. The third-order valence-corrected chi connectivity index (χ3v) is 6.84. The van der Waals surface area contributed by atoms with Crippen molar-refractivity contribution in [2.45, 2.75) is 51.6 Å². The summed E-state index contributed by atoms with van der Waals surface area (Å²) in [6.07, 6.45) is 1.44. The second-order valence-electron chi connectivity index (χ2n) is 9.49. The zero-order valence-corrected chi connectivity index (χ0v) is 25.8. The summed E-state index contributed by atoms with van der Waals surface area (Å²) in [4.78, 5) is 58.9. The summed E-state index contributed by atoms with van der Waals surface area (Å²) in [5, 5.41) is 24.3. The lowest BCUT2D eigenvalue weighted by atomic mass is 10.0. The topological polar surface area (TPSA) is 265 Å². The average Bonchev–Trinajstić information content (AvgIpc) is 3.47. The average molecular weight is 634 g/mol. The van der Waals surface area contributed by atoms with Crippen LogP contribution in [-0.4, -0.2) is 89.0 Å². The number of nitrogens with zero attached hydrogens (tertiary/aromatic N) is 3. The van der Waals surface area contributed by atoms with Crippen molar-refractivity contribution in [2.24, 2.45) is 32.9 Å². The molecule has 0 radical (unpaired) electrons. The molecular weight excluding hydrogens is 590 g/mol. The highest BCUT2D eigenvalue weighted by Crippen LogP contribution is 2.13. The van der Waals surface area contributed by atoms with Crippen molar-refractivity contribution in [3.05, 3.63) is 52.2 Å². The van der Waals surface area contributed by atoms with Crippen molar-refractivity contribution in [3.8, 4) is 5.75 Å². The van der Waals surface area contributed by atoms with E-state index in [0.29, 0.717) is 25.1 Å². The monoisotopic (exact) mass is 633 g/mol. The van der Waals surface area contributed by atoms with Crippen LogP contribution in [0.15, 0.2) is 51.8 Å². The van der Waals surface area contributed by atoms with Gasteiger partial charge in [0, 0.05) is 37.9 Å². The maximum atomic E-state index is 13.2. The Bertz CT molecular complexity index is 1240. The molecule has 0 spiro atoms. The minimum Gasteiger partial charge on any atom is -0.508 e. The summed E-state index contributed by atoms with van der Waals surface area (Å²) in [6.45, 7) is 4.01. The molecule has 0 unspecified atom stereocenters. The number of phenolic OH excluding ortho intramolecular Hbond substituents is 1. The van der Waals surface area contributed by atoms with E-state index in [2.05, 4.69) is 20.6 Å². The number of guanidine groups is 2. The number of nitrogens with two attached hydrogens (primary N) is 4. The van der Waals surface area contributed by atoms with E-state index in [-0.39, 0.29) is 49.5 Å². The van der Waals surface area contributed by atoms with Gasteiger partial charge in [-0.1, -0.05) is 18.2 Å². The number of aliphatic carboxylic acids is 1. The number of carbonyl (C=O) groups is 4. The molecule has 0 fully saturated rings. The maximum absolute atomic E-state index is 13.2. The predicted molar refractivity (Wildman–Crippen MR) is 170 cm³/mol. The Labute approximate surface area is 260 Å². The number of hydrogen-bond acceptors (Lipinski definition) is 8. The van der Waals surface area contributed by atoms with E-state index in [9.17, 15) is 19.5 Å². The number of carboxylic acid groups (broad SMARTS) is 1. The highest BCUT2D eigenvalue weighted by molar-refractivity contribution is 7.09. The molecular formula is C28H43N9O6S. The molecule has 0 saturated heterocycles. The second-order valence-corrected chi connectivity index (χ2v) is 10.5. The highest BCUT2D eigenvalue weighted by Gasteiger charge is 2.26. The second kappa shape index (κ2) is 20.1. The van der Waals surface area contributed by atoms with Crippen molar-refractivity contribution in [1.29, 1.82) is 0 Å². The molecule has 16 heteroatoms. The lowest BCUT2D eigenvalue weighted by molar-refractivity contribution is -0.134. The van der Waals surface area contributed by atoms with Crippen molar-refractivity contribution in [1.82, 2.24) is 15.5 Å². The zero-order chi connectivity index (χ0) is 33.1. The largest absolute Gasteiger partial charge is 0.508 e. The molecule has 0 saturated carbocycles. The molecule has 12 N–H and O–H groups in total. The first kappa shape index (κ1) is 37.2. The third-order valence-electron chi connectivity index (χ3n) is 5.91. The first-order valence-corrected chi connectivity index (χ1v) is 14.7.